The van der Waals surface area contributed by atoms with E-state index in [1.807, 2.05) is 36.5 Å². The van der Waals surface area contributed by atoms with Crippen LogP contribution in [0.3, 0.4) is 0 Å². The smallest absolute Gasteiger partial charge is 0.220 e. The van der Waals surface area contributed by atoms with Crippen molar-refractivity contribution in [1.29, 1.82) is 0 Å². The molecule has 5 nitrogen and oxygen atoms in total. The number of rotatable bonds is 4. The van der Waals surface area contributed by atoms with Crippen molar-refractivity contribution in [2.24, 2.45) is 0 Å². The first-order valence-corrected chi connectivity index (χ1v) is 10.5. The van der Waals surface area contributed by atoms with Gasteiger partial charge in [0.2, 0.25) is 5.91 Å². The summed E-state index contributed by atoms with van der Waals surface area (Å²) in [5, 5.41) is 19.0. The Labute approximate surface area is 170 Å². The maximum Gasteiger partial charge on any atom is 0.220 e. The van der Waals surface area contributed by atoms with Gasteiger partial charge in [-0.2, -0.15) is 0 Å². The average Bonchev–Trinajstić information content (AvgIpc) is 3.27. The summed E-state index contributed by atoms with van der Waals surface area (Å²) in [6, 6.07) is 16.0. The molecule has 150 valence electrons. The van der Waals surface area contributed by atoms with Crippen LogP contribution in [0.5, 0.6) is 0 Å². The number of benzene rings is 2. The number of para-hydroxylation sites is 1. The number of aryl methyl sites for hydroxylation is 1. The van der Waals surface area contributed by atoms with Gasteiger partial charge in [-0.3, -0.25) is 4.79 Å². The first-order chi connectivity index (χ1) is 14.2. The van der Waals surface area contributed by atoms with Crippen molar-refractivity contribution in [2.45, 2.75) is 43.2 Å². The van der Waals surface area contributed by atoms with Crippen molar-refractivity contribution in [3.05, 3.63) is 71.4 Å². The maximum absolute atomic E-state index is 12.8. The lowest BCUT2D eigenvalue weighted by molar-refractivity contribution is -0.123. The highest BCUT2D eigenvalue weighted by Gasteiger charge is 2.51. The zero-order valence-electron chi connectivity index (χ0n) is 16.4. The Morgan fingerprint density at radius 1 is 1.10 bits per heavy atom. The SMILES string of the molecule is O=C(CCc1c[nH]c2ccccc12)N[C@H]1c2ccccc2C2(CCNCC2)[C@@H]1O. The Balaban J connectivity index is 1.32. The van der Waals surface area contributed by atoms with Gasteiger partial charge in [0, 0.05) is 28.9 Å². The molecule has 1 aliphatic carbocycles. The zero-order chi connectivity index (χ0) is 19.8. The fraction of sp³-hybridized carbons (Fsp3) is 0.375. The standard InChI is InChI=1S/C24H27N3O2/c28-21(10-9-16-15-26-20-8-4-2-5-17(16)20)27-22-18-6-1-3-7-19(18)24(23(22)29)11-13-25-14-12-24/h1-8,15,22-23,25-26,29H,9-14H2,(H,27,28)/t22-,23+/m0/s1. The highest BCUT2D eigenvalue weighted by atomic mass is 16.3. The van der Waals surface area contributed by atoms with Crippen LogP contribution in [0.1, 0.15) is 42.0 Å². The van der Waals surface area contributed by atoms with E-state index in [0.717, 1.165) is 42.6 Å². The minimum Gasteiger partial charge on any atom is -0.390 e. The number of aromatic amines is 1. The number of carbonyl (C=O) groups is 1. The third-order valence-corrected chi connectivity index (χ3v) is 6.82. The predicted molar refractivity (Wildman–Crippen MR) is 114 cm³/mol. The highest BCUT2D eigenvalue weighted by Crippen LogP contribution is 2.50. The Morgan fingerprint density at radius 3 is 2.72 bits per heavy atom. The molecular formula is C24H27N3O2. The van der Waals surface area contributed by atoms with Gasteiger partial charge in [0.15, 0.2) is 0 Å². The molecule has 0 saturated carbocycles. The quantitative estimate of drug-likeness (QED) is 0.554. The van der Waals surface area contributed by atoms with Crippen LogP contribution in [0.15, 0.2) is 54.7 Å². The van der Waals surface area contributed by atoms with Crippen molar-refractivity contribution in [3.8, 4) is 0 Å². The molecular weight excluding hydrogens is 362 g/mol. The predicted octanol–water partition coefficient (Wildman–Crippen LogP) is 2.95. The van der Waals surface area contributed by atoms with Gasteiger partial charge >= 0.3 is 0 Å². The van der Waals surface area contributed by atoms with E-state index in [9.17, 15) is 9.90 Å². The lowest BCUT2D eigenvalue weighted by atomic mass is 9.72. The molecule has 5 rings (SSSR count). The van der Waals surface area contributed by atoms with Crippen molar-refractivity contribution in [1.82, 2.24) is 15.6 Å². The molecule has 2 atom stereocenters. The molecule has 1 fully saturated rings. The minimum atomic E-state index is -0.584. The van der Waals surface area contributed by atoms with E-state index < -0.39 is 6.10 Å². The Kier molecular flexibility index (Phi) is 4.64. The van der Waals surface area contributed by atoms with E-state index in [2.05, 4.69) is 33.8 Å². The van der Waals surface area contributed by atoms with Crippen LogP contribution in [0.2, 0.25) is 0 Å². The second-order valence-corrected chi connectivity index (χ2v) is 8.34. The number of carbonyl (C=O) groups excluding carboxylic acids is 1. The lowest BCUT2D eigenvalue weighted by Gasteiger charge is -2.38. The number of aliphatic hydroxyl groups excluding tert-OH is 1. The molecule has 1 spiro atoms. The van der Waals surface area contributed by atoms with Gasteiger partial charge < -0.3 is 20.7 Å². The van der Waals surface area contributed by atoms with Crippen LogP contribution in [-0.4, -0.2) is 35.2 Å². The van der Waals surface area contributed by atoms with Gasteiger partial charge in [-0.1, -0.05) is 42.5 Å². The summed E-state index contributed by atoms with van der Waals surface area (Å²) in [4.78, 5) is 16.1. The van der Waals surface area contributed by atoms with Gasteiger partial charge in [0.05, 0.1) is 12.1 Å². The van der Waals surface area contributed by atoms with Gasteiger partial charge in [-0.05, 0) is 55.1 Å². The van der Waals surface area contributed by atoms with E-state index in [1.54, 1.807) is 0 Å². The number of hydrogen-bond acceptors (Lipinski definition) is 3. The molecule has 2 aromatic carbocycles. The molecule has 1 aromatic heterocycles. The number of amides is 1. The molecule has 1 amide bonds. The van der Waals surface area contributed by atoms with Gasteiger partial charge in [-0.15, -0.1) is 0 Å². The number of aromatic nitrogens is 1. The summed E-state index contributed by atoms with van der Waals surface area (Å²) in [6.45, 7) is 1.79. The molecule has 3 aromatic rings. The molecule has 0 unspecified atom stereocenters. The monoisotopic (exact) mass is 389 g/mol. The topological polar surface area (TPSA) is 77.2 Å². The van der Waals surface area contributed by atoms with Crippen molar-refractivity contribution in [2.75, 3.05) is 13.1 Å². The number of piperidine rings is 1. The molecule has 5 heteroatoms. The first kappa shape index (κ1) is 18.4. The molecule has 0 bridgehead atoms. The Hall–Kier alpha value is -2.63. The molecule has 2 aliphatic rings. The van der Waals surface area contributed by atoms with Gasteiger partial charge in [0.25, 0.3) is 0 Å². The average molecular weight is 389 g/mol. The van der Waals surface area contributed by atoms with Crippen LogP contribution in [-0.2, 0) is 16.6 Å². The summed E-state index contributed by atoms with van der Waals surface area (Å²) in [5.74, 6) is -0.0138. The maximum atomic E-state index is 12.8. The van der Waals surface area contributed by atoms with E-state index in [4.69, 9.17) is 0 Å². The van der Waals surface area contributed by atoms with Crippen LogP contribution < -0.4 is 10.6 Å². The van der Waals surface area contributed by atoms with Crippen LogP contribution in [0.25, 0.3) is 10.9 Å². The summed E-state index contributed by atoms with van der Waals surface area (Å²) < 4.78 is 0. The largest absolute Gasteiger partial charge is 0.390 e. The number of nitrogens with one attached hydrogen (secondary N) is 3. The van der Waals surface area contributed by atoms with Gasteiger partial charge in [0.1, 0.15) is 0 Å². The third-order valence-electron chi connectivity index (χ3n) is 6.82. The Bertz CT molecular complexity index is 1040. The number of aliphatic hydroxyl groups is 1. The molecule has 0 radical (unpaired) electrons. The van der Waals surface area contributed by atoms with Crippen LogP contribution in [0.4, 0.5) is 0 Å². The van der Waals surface area contributed by atoms with E-state index >= 15 is 0 Å². The first-order valence-electron chi connectivity index (χ1n) is 10.5. The van der Waals surface area contributed by atoms with E-state index in [-0.39, 0.29) is 17.4 Å². The summed E-state index contributed by atoms with van der Waals surface area (Å²) in [5.41, 5.74) is 4.27. The number of H-pyrrole nitrogens is 1. The summed E-state index contributed by atoms with van der Waals surface area (Å²) in [6.07, 6.45) is 4.28. The van der Waals surface area contributed by atoms with Crippen LogP contribution >= 0.6 is 0 Å². The molecule has 1 saturated heterocycles. The van der Waals surface area contributed by atoms with E-state index in [0.29, 0.717) is 12.8 Å². The second kappa shape index (κ2) is 7.32. The highest BCUT2D eigenvalue weighted by molar-refractivity contribution is 5.84. The normalized spacial score (nSPS) is 22.7. The zero-order valence-corrected chi connectivity index (χ0v) is 16.4. The molecule has 1 aliphatic heterocycles. The van der Waals surface area contributed by atoms with Crippen molar-refractivity contribution in [3.63, 3.8) is 0 Å². The Morgan fingerprint density at radius 2 is 1.86 bits per heavy atom. The number of hydrogen-bond donors (Lipinski definition) is 4. The fourth-order valence-corrected chi connectivity index (χ4v) is 5.30. The van der Waals surface area contributed by atoms with E-state index in [1.165, 1.54) is 10.9 Å². The van der Waals surface area contributed by atoms with Crippen LogP contribution in [0, 0.1) is 0 Å². The van der Waals surface area contributed by atoms with Gasteiger partial charge in [-0.25, -0.2) is 0 Å². The number of fused-ring (bicyclic) bond motifs is 3. The molecule has 4 N–H and O–H groups in total. The van der Waals surface area contributed by atoms with Crippen molar-refractivity contribution < 1.29 is 9.90 Å². The second-order valence-electron chi connectivity index (χ2n) is 8.34. The summed E-state index contributed by atoms with van der Waals surface area (Å²) >= 11 is 0. The molecule has 29 heavy (non-hydrogen) atoms. The molecule has 2 heterocycles. The minimum absolute atomic E-state index is 0.0138. The fourth-order valence-electron chi connectivity index (χ4n) is 5.30. The van der Waals surface area contributed by atoms with Crippen molar-refractivity contribution >= 4 is 16.8 Å². The summed E-state index contributed by atoms with van der Waals surface area (Å²) in [7, 11) is 0. The lowest BCUT2D eigenvalue weighted by Crippen LogP contribution is -2.48. The third kappa shape index (κ3) is 3.05.